The molecule has 74 valence electrons. The van der Waals surface area contributed by atoms with Gasteiger partial charge < -0.3 is 0 Å². The van der Waals surface area contributed by atoms with Crippen molar-refractivity contribution in [3.05, 3.63) is 18.6 Å². The van der Waals surface area contributed by atoms with Gasteiger partial charge in [0.15, 0.2) is 5.82 Å². The Labute approximate surface area is 79.9 Å². The minimum absolute atomic E-state index is 0.301. The van der Waals surface area contributed by atoms with E-state index in [2.05, 4.69) is 26.1 Å². The molecule has 0 aliphatic heterocycles. The molecule has 1 aromatic heterocycles. The number of rotatable bonds is 1. The van der Waals surface area contributed by atoms with E-state index in [-0.39, 0.29) is 5.91 Å². The first-order valence-electron chi connectivity index (χ1n) is 3.78. The fourth-order valence-corrected chi connectivity index (χ4v) is 0.656. The number of carbonyl (C=O) groups excluding carboxylic acids is 2. The van der Waals surface area contributed by atoms with Crippen LogP contribution in [0.2, 0.25) is 0 Å². The maximum atomic E-state index is 11.0. The summed E-state index contributed by atoms with van der Waals surface area (Å²) in [4.78, 5) is 29.0. The average molecular weight is 195 g/mol. The van der Waals surface area contributed by atoms with Crippen molar-refractivity contribution in [2.75, 3.05) is 5.32 Å². The number of hydrogen-bond acceptors (Lipinski definition) is 4. The van der Waals surface area contributed by atoms with E-state index in [0.717, 1.165) is 0 Å². The Bertz CT molecular complexity index is 326. The lowest BCUT2D eigenvalue weighted by Gasteiger charge is -2.05. The van der Waals surface area contributed by atoms with Crippen LogP contribution in [0.1, 0.15) is 6.92 Å². The molecule has 0 unspecified atom stereocenters. The average Bonchev–Trinajstić information content (AvgIpc) is 2.16. The second-order valence-electron chi connectivity index (χ2n) is 2.35. The predicted octanol–water partition coefficient (Wildman–Crippen LogP) is -0.351. The highest BCUT2D eigenvalue weighted by molar-refractivity contribution is 5.89. The minimum Gasteiger partial charge on any atom is -0.290 e. The quantitative estimate of drug-likeness (QED) is 0.533. The first-order valence-corrected chi connectivity index (χ1v) is 3.78. The van der Waals surface area contributed by atoms with Crippen molar-refractivity contribution in [3.63, 3.8) is 0 Å². The van der Waals surface area contributed by atoms with Crippen molar-refractivity contribution < 1.29 is 9.59 Å². The van der Waals surface area contributed by atoms with E-state index in [1.165, 1.54) is 25.5 Å². The van der Waals surface area contributed by atoms with E-state index in [1.807, 2.05) is 0 Å². The number of nitrogens with zero attached hydrogens (tertiary/aromatic N) is 2. The molecule has 0 saturated heterocycles. The van der Waals surface area contributed by atoms with Crippen LogP contribution >= 0.6 is 0 Å². The molecule has 3 amide bonds. The van der Waals surface area contributed by atoms with E-state index >= 15 is 0 Å². The number of hydrazine groups is 1. The summed E-state index contributed by atoms with van der Waals surface area (Å²) in [6.07, 6.45) is 4.30. The first kappa shape index (κ1) is 9.90. The summed E-state index contributed by atoms with van der Waals surface area (Å²) in [6.45, 7) is 1.28. The summed E-state index contributed by atoms with van der Waals surface area (Å²) >= 11 is 0. The Kier molecular flexibility index (Phi) is 3.36. The molecular formula is C7H9N5O2. The zero-order valence-electron chi connectivity index (χ0n) is 7.44. The molecule has 0 aliphatic carbocycles. The highest BCUT2D eigenvalue weighted by Gasteiger charge is 2.01. The molecule has 0 atom stereocenters. The van der Waals surface area contributed by atoms with Crippen LogP contribution in [-0.2, 0) is 4.79 Å². The Morgan fingerprint density at radius 1 is 1.29 bits per heavy atom. The van der Waals surface area contributed by atoms with Gasteiger partial charge in [-0.25, -0.2) is 15.2 Å². The van der Waals surface area contributed by atoms with Gasteiger partial charge in [-0.15, -0.1) is 0 Å². The van der Waals surface area contributed by atoms with Gasteiger partial charge in [0.1, 0.15) is 0 Å². The second-order valence-corrected chi connectivity index (χ2v) is 2.35. The molecule has 0 bridgehead atoms. The van der Waals surface area contributed by atoms with Crippen LogP contribution in [0.4, 0.5) is 10.6 Å². The van der Waals surface area contributed by atoms with Crippen molar-refractivity contribution >= 4 is 17.8 Å². The van der Waals surface area contributed by atoms with Crippen LogP contribution in [0, 0.1) is 0 Å². The van der Waals surface area contributed by atoms with Crippen LogP contribution in [-0.4, -0.2) is 21.9 Å². The first-order chi connectivity index (χ1) is 6.68. The molecule has 0 aliphatic rings. The van der Waals surface area contributed by atoms with E-state index < -0.39 is 6.03 Å². The predicted molar refractivity (Wildman–Crippen MR) is 48.0 cm³/mol. The molecule has 3 N–H and O–H groups in total. The summed E-state index contributed by atoms with van der Waals surface area (Å²) in [5.74, 6) is -0.0605. The lowest BCUT2D eigenvalue weighted by Crippen LogP contribution is -2.42. The van der Waals surface area contributed by atoms with Gasteiger partial charge >= 0.3 is 6.03 Å². The third kappa shape index (κ3) is 3.48. The van der Waals surface area contributed by atoms with E-state index in [4.69, 9.17) is 0 Å². The van der Waals surface area contributed by atoms with Crippen LogP contribution in [0.5, 0.6) is 0 Å². The molecule has 0 fully saturated rings. The zero-order valence-corrected chi connectivity index (χ0v) is 7.44. The van der Waals surface area contributed by atoms with Crippen molar-refractivity contribution in [3.8, 4) is 0 Å². The van der Waals surface area contributed by atoms with Gasteiger partial charge in [-0.3, -0.25) is 20.5 Å². The lowest BCUT2D eigenvalue weighted by molar-refractivity contribution is -0.119. The van der Waals surface area contributed by atoms with E-state index in [9.17, 15) is 9.59 Å². The maximum Gasteiger partial charge on any atom is 0.339 e. The highest BCUT2D eigenvalue weighted by atomic mass is 16.2. The Morgan fingerprint density at radius 3 is 2.64 bits per heavy atom. The third-order valence-electron chi connectivity index (χ3n) is 1.16. The number of urea groups is 1. The lowest BCUT2D eigenvalue weighted by atomic mass is 10.6. The summed E-state index contributed by atoms with van der Waals surface area (Å²) in [5.41, 5.74) is 4.23. The van der Waals surface area contributed by atoms with Crippen LogP contribution in [0.15, 0.2) is 18.6 Å². The molecule has 1 rings (SSSR count). The van der Waals surface area contributed by atoms with Gasteiger partial charge in [-0.1, -0.05) is 0 Å². The summed E-state index contributed by atoms with van der Waals surface area (Å²) in [7, 11) is 0. The molecular weight excluding hydrogens is 186 g/mol. The SMILES string of the molecule is CC(=O)NNC(=O)Nc1cnccn1. The molecule has 1 aromatic rings. The molecule has 7 heteroatoms. The van der Waals surface area contributed by atoms with Crippen molar-refractivity contribution in [2.24, 2.45) is 0 Å². The smallest absolute Gasteiger partial charge is 0.290 e. The topological polar surface area (TPSA) is 96.0 Å². The number of amides is 3. The molecule has 0 radical (unpaired) electrons. The van der Waals surface area contributed by atoms with Crippen LogP contribution in [0.25, 0.3) is 0 Å². The van der Waals surface area contributed by atoms with Gasteiger partial charge in [0.25, 0.3) is 0 Å². The Morgan fingerprint density at radius 2 is 2.07 bits per heavy atom. The summed E-state index contributed by atoms with van der Waals surface area (Å²) in [5, 5.41) is 2.36. The highest BCUT2D eigenvalue weighted by Crippen LogP contribution is 1.95. The number of aromatic nitrogens is 2. The fourth-order valence-electron chi connectivity index (χ4n) is 0.656. The number of hydrogen-bond donors (Lipinski definition) is 3. The maximum absolute atomic E-state index is 11.0. The number of nitrogens with one attached hydrogen (secondary N) is 3. The van der Waals surface area contributed by atoms with Crippen molar-refractivity contribution in [1.29, 1.82) is 0 Å². The zero-order chi connectivity index (χ0) is 10.4. The van der Waals surface area contributed by atoms with Gasteiger partial charge in [-0.05, 0) is 0 Å². The van der Waals surface area contributed by atoms with Crippen molar-refractivity contribution in [1.82, 2.24) is 20.8 Å². The van der Waals surface area contributed by atoms with Crippen LogP contribution < -0.4 is 16.2 Å². The number of anilines is 1. The van der Waals surface area contributed by atoms with Crippen molar-refractivity contribution in [2.45, 2.75) is 6.92 Å². The van der Waals surface area contributed by atoms with Gasteiger partial charge in [0.05, 0.1) is 6.20 Å². The molecule has 0 spiro atoms. The number of carbonyl (C=O) groups is 2. The molecule has 0 saturated carbocycles. The largest absolute Gasteiger partial charge is 0.339 e. The standard InChI is InChI=1S/C7H9N5O2/c1-5(13)11-12-7(14)10-6-4-8-2-3-9-6/h2-4H,1H3,(H,11,13)(H2,9,10,12,14). The normalized spacial score (nSPS) is 8.93. The van der Waals surface area contributed by atoms with E-state index in [0.29, 0.717) is 5.82 Å². The monoisotopic (exact) mass is 195 g/mol. The molecule has 7 nitrogen and oxygen atoms in total. The molecule has 0 aromatic carbocycles. The van der Waals surface area contributed by atoms with Gasteiger partial charge in [0, 0.05) is 19.3 Å². The van der Waals surface area contributed by atoms with Crippen LogP contribution in [0.3, 0.4) is 0 Å². The van der Waals surface area contributed by atoms with Gasteiger partial charge in [0.2, 0.25) is 5.91 Å². The van der Waals surface area contributed by atoms with E-state index in [1.54, 1.807) is 0 Å². The Balaban J connectivity index is 2.38. The van der Waals surface area contributed by atoms with Gasteiger partial charge in [-0.2, -0.15) is 0 Å². The Hall–Kier alpha value is -2.18. The summed E-state index contributed by atoms with van der Waals surface area (Å²) < 4.78 is 0. The third-order valence-corrected chi connectivity index (χ3v) is 1.16. The molecule has 14 heavy (non-hydrogen) atoms. The fraction of sp³-hybridized carbons (Fsp3) is 0.143. The minimum atomic E-state index is -0.583. The summed E-state index contributed by atoms with van der Waals surface area (Å²) in [6, 6.07) is -0.583. The second kappa shape index (κ2) is 4.75. The molecule has 1 heterocycles.